The van der Waals surface area contributed by atoms with Crippen LogP contribution in [0, 0.1) is 10.1 Å². The molecule has 184 valence electrons. The van der Waals surface area contributed by atoms with E-state index in [0.29, 0.717) is 28.5 Å². The molecule has 1 unspecified atom stereocenters. The lowest BCUT2D eigenvalue weighted by atomic mass is 10.2. The van der Waals surface area contributed by atoms with Crippen molar-refractivity contribution in [3.63, 3.8) is 0 Å². The minimum Gasteiger partial charge on any atom is -0.354 e. The van der Waals surface area contributed by atoms with E-state index in [0.717, 1.165) is 5.56 Å². The normalized spacial score (nSPS) is 14.6. The minimum absolute atomic E-state index is 0.0223. The van der Waals surface area contributed by atoms with Gasteiger partial charge in [-0.1, -0.05) is 23.9 Å². The number of rotatable bonds is 8. The Balaban J connectivity index is 1.20. The largest absolute Gasteiger partial charge is 0.354 e. The molecule has 13 nitrogen and oxygen atoms in total. The zero-order valence-corrected chi connectivity index (χ0v) is 19.6. The molecule has 1 atom stereocenters. The van der Waals surface area contributed by atoms with Crippen LogP contribution in [0.5, 0.6) is 0 Å². The third kappa shape index (κ3) is 4.62. The highest BCUT2D eigenvalue weighted by atomic mass is 32.2. The number of nitrogens with one attached hydrogen (secondary N) is 1. The third-order valence-electron chi connectivity index (χ3n) is 5.80. The van der Waals surface area contributed by atoms with Crippen molar-refractivity contribution in [1.29, 1.82) is 0 Å². The second-order valence-electron chi connectivity index (χ2n) is 8.16. The molecule has 3 aromatic heterocycles. The van der Waals surface area contributed by atoms with Crippen molar-refractivity contribution in [1.82, 2.24) is 34.2 Å². The maximum atomic E-state index is 12.9. The van der Waals surface area contributed by atoms with Gasteiger partial charge in [0.15, 0.2) is 10.8 Å². The van der Waals surface area contributed by atoms with Crippen LogP contribution in [0.3, 0.4) is 0 Å². The average Bonchev–Trinajstić information content (AvgIpc) is 3.46. The molecule has 0 aliphatic carbocycles. The number of hydrogen-bond donors (Lipinski definition) is 1. The summed E-state index contributed by atoms with van der Waals surface area (Å²) >= 11 is 1.45. The molecule has 36 heavy (non-hydrogen) atoms. The molecule has 14 heteroatoms. The summed E-state index contributed by atoms with van der Waals surface area (Å²) in [6.45, 7) is 0.797. The highest BCUT2D eigenvalue weighted by Crippen LogP contribution is 2.31. The summed E-state index contributed by atoms with van der Waals surface area (Å²) in [6.07, 6.45) is 4.47. The predicted molar refractivity (Wildman–Crippen MR) is 130 cm³/mol. The smallest absolute Gasteiger partial charge is 0.269 e. The van der Waals surface area contributed by atoms with Crippen molar-refractivity contribution in [2.45, 2.75) is 30.7 Å². The first-order chi connectivity index (χ1) is 17.4. The summed E-state index contributed by atoms with van der Waals surface area (Å²) in [7, 11) is 0. The molecule has 0 bridgehead atoms. The Hall–Kier alpha value is -4.33. The number of carbonyl (C=O) groups excluding carboxylic acids is 1. The molecule has 0 radical (unpaired) electrons. The highest BCUT2D eigenvalue weighted by Gasteiger charge is 2.26. The Morgan fingerprint density at radius 1 is 1.19 bits per heavy atom. The van der Waals surface area contributed by atoms with Gasteiger partial charge in [0, 0.05) is 43.1 Å². The van der Waals surface area contributed by atoms with Gasteiger partial charge in [-0.15, -0.1) is 0 Å². The quantitative estimate of drug-likeness (QED) is 0.208. The van der Waals surface area contributed by atoms with Gasteiger partial charge in [0.1, 0.15) is 11.7 Å². The number of nitrogens with zero attached hydrogens (tertiary/aromatic N) is 7. The van der Waals surface area contributed by atoms with E-state index in [2.05, 4.69) is 20.4 Å². The summed E-state index contributed by atoms with van der Waals surface area (Å²) in [5, 5.41) is 18.8. The molecule has 0 saturated carbocycles. The molecule has 0 spiro atoms. The number of amides is 1. The maximum Gasteiger partial charge on any atom is 0.269 e. The van der Waals surface area contributed by atoms with Crippen molar-refractivity contribution in [3.05, 3.63) is 85.4 Å². The van der Waals surface area contributed by atoms with Crippen molar-refractivity contribution >= 4 is 34.4 Å². The lowest BCUT2D eigenvalue weighted by molar-refractivity contribution is -0.384. The van der Waals surface area contributed by atoms with E-state index in [9.17, 15) is 24.5 Å². The van der Waals surface area contributed by atoms with E-state index in [1.807, 2.05) is 0 Å². The Morgan fingerprint density at radius 2 is 2.00 bits per heavy atom. The molecular weight excluding hydrogens is 488 g/mol. The monoisotopic (exact) mass is 508 g/mol. The van der Waals surface area contributed by atoms with Crippen molar-refractivity contribution in [3.8, 4) is 0 Å². The SMILES string of the molecule is O=C(CC1CSc2nccc(=O)n21)NCCn1ncc2c(=O)n(Cc3ccc([N+](=O)[O-])cc3)cnc21. The molecule has 1 aliphatic rings. The number of carbonyl (C=O) groups is 1. The van der Waals surface area contributed by atoms with Crippen LogP contribution in [0.1, 0.15) is 18.0 Å². The van der Waals surface area contributed by atoms with Crippen LogP contribution in [0.2, 0.25) is 0 Å². The van der Waals surface area contributed by atoms with Crippen LogP contribution in [0.25, 0.3) is 11.0 Å². The van der Waals surface area contributed by atoms with Gasteiger partial charge in [-0.25, -0.2) is 14.6 Å². The zero-order chi connectivity index (χ0) is 25.2. The minimum atomic E-state index is -0.480. The van der Waals surface area contributed by atoms with Gasteiger partial charge < -0.3 is 5.32 Å². The Morgan fingerprint density at radius 3 is 2.78 bits per heavy atom. The Kier molecular flexibility index (Phi) is 6.33. The number of fused-ring (bicyclic) bond motifs is 2. The van der Waals surface area contributed by atoms with Gasteiger partial charge in [-0.3, -0.25) is 33.6 Å². The predicted octanol–water partition coefficient (Wildman–Crippen LogP) is 0.959. The van der Waals surface area contributed by atoms with Crippen LogP contribution in [0.4, 0.5) is 5.69 Å². The second-order valence-corrected chi connectivity index (χ2v) is 9.15. The fourth-order valence-corrected chi connectivity index (χ4v) is 5.14. The third-order valence-corrected chi connectivity index (χ3v) is 6.92. The molecule has 5 rings (SSSR count). The van der Waals surface area contributed by atoms with Gasteiger partial charge in [-0.05, 0) is 5.56 Å². The fraction of sp³-hybridized carbons (Fsp3) is 0.273. The molecule has 1 N–H and O–H groups in total. The van der Waals surface area contributed by atoms with E-state index in [1.54, 1.807) is 21.4 Å². The van der Waals surface area contributed by atoms with Crippen LogP contribution >= 0.6 is 11.8 Å². The van der Waals surface area contributed by atoms with Crippen LogP contribution in [-0.4, -0.2) is 52.0 Å². The van der Waals surface area contributed by atoms with Crippen LogP contribution in [0.15, 0.2) is 63.8 Å². The molecule has 4 aromatic rings. The van der Waals surface area contributed by atoms with E-state index in [1.165, 1.54) is 53.2 Å². The zero-order valence-electron chi connectivity index (χ0n) is 18.8. The summed E-state index contributed by atoms with van der Waals surface area (Å²) in [5.41, 5.74) is 0.639. The van der Waals surface area contributed by atoms with E-state index >= 15 is 0 Å². The maximum absolute atomic E-state index is 12.9. The van der Waals surface area contributed by atoms with Crippen molar-refractivity contribution in [2.24, 2.45) is 0 Å². The van der Waals surface area contributed by atoms with Gasteiger partial charge in [0.25, 0.3) is 16.8 Å². The van der Waals surface area contributed by atoms with E-state index in [-0.39, 0.29) is 48.3 Å². The van der Waals surface area contributed by atoms with Gasteiger partial charge in [-0.2, -0.15) is 5.10 Å². The summed E-state index contributed by atoms with van der Waals surface area (Å²) in [4.78, 5) is 56.3. The van der Waals surface area contributed by atoms with E-state index in [4.69, 9.17) is 0 Å². The lowest BCUT2D eigenvalue weighted by Gasteiger charge is -2.13. The molecule has 4 heterocycles. The molecule has 0 fully saturated rings. The number of hydrogen-bond acceptors (Lipinski definition) is 9. The summed E-state index contributed by atoms with van der Waals surface area (Å²) < 4.78 is 4.50. The number of aromatic nitrogens is 6. The number of nitro benzene ring substituents is 1. The average molecular weight is 509 g/mol. The van der Waals surface area contributed by atoms with E-state index < -0.39 is 4.92 Å². The van der Waals surface area contributed by atoms with Crippen LogP contribution < -0.4 is 16.4 Å². The molecule has 1 aromatic carbocycles. The number of benzene rings is 1. The molecule has 0 saturated heterocycles. The number of nitro groups is 1. The summed E-state index contributed by atoms with van der Waals surface area (Å²) in [5.74, 6) is 0.415. The standard InChI is InChI=1S/C22H20N8O5S/c31-18(9-16-12-36-22-24-6-5-19(32)29(16)22)23-7-8-28-20-17(10-26-28)21(33)27(13-25-20)11-14-1-3-15(4-2-14)30(34)35/h1-6,10,13,16H,7-9,11-12H2,(H,23,31). The van der Waals surface area contributed by atoms with Crippen LogP contribution in [-0.2, 0) is 17.9 Å². The van der Waals surface area contributed by atoms with Gasteiger partial charge in [0.2, 0.25) is 5.91 Å². The highest BCUT2D eigenvalue weighted by molar-refractivity contribution is 7.99. The van der Waals surface area contributed by atoms with Gasteiger partial charge in [0.05, 0.1) is 30.3 Å². The molecule has 1 aliphatic heterocycles. The second kappa shape index (κ2) is 9.73. The molecule has 1 amide bonds. The Bertz CT molecular complexity index is 1580. The van der Waals surface area contributed by atoms with Gasteiger partial charge >= 0.3 is 0 Å². The topological polar surface area (TPSA) is 160 Å². The van der Waals surface area contributed by atoms with Crippen molar-refractivity contribution < 1.29 is 9.72 Å². The summed E-state index contributed by atoms with van der Waals surface area (Å²) in [6, 6.07) is 7.10. The molecular formula is C22H20N8O5S. The van der Waals surface area contributed by atoms with Crippen molar-refractivity contribution in [2.75, 3.05) is 12.3 Å². The number of thioether (sulfide) groups is 1. The fourth-order valence-electron chi connectivity index (χ4n) is 4.02. The first-order valence-corrected chi connectivity index (χ1v) is 12.0. The first-order valence-electron chi connectivity index (χ1n) is 11.0. The Labute approximate surface area is 206 Å². The number of non-ortho nitro benzene ring substituents is 1. The first kappa shape index (κ1) is 23.4. The lowest BCUT2D eigenvalue weighted by Crippen LogP contribution is -2.32.